The fourth-order valence-corrected chi connectivity index (χ4v) is 3.88. The van der Waals surface area contributed by atoms with Gasteiger partial charge >= 0.3 is 0 Å². The van der Waals surface area contributed by atoms with Crippen LogP contribution in [-0.2, 0) is 14.8 Å². The van der Waals surface area contributed by atoms with Gasteiger partial charge < -0.3 is 20.1 Å². The Bertz CT molecular complexity index is 718. The van der Waals surface area contributed by atoms with Crippen LogP contribution in [0.3, 0.4) is 0 Å². The molecule has 1 fully saturated rings. The number of rotatable bonds is 11. The molecule has 0 bridgehead atoms. The van der Waals surface area contributed by atoms with Crippen molar-refractivity contribution in [3.63, 3.8) is 0 Å². The van der Waals surface area contributed by atoms with Crippen LogP contribution < -0.4 is 24.8 Å². The zero-order valence-corrected chi connectivity index (χ0v) is 16.7. The predicted molar refractivity (Wildman–Crippen MR) is 103 cm³/mol. The van der Waals surface area contributed by atoms with E-state index in [1.165, 1.54) is 12.1 Å². The van der Waals surface area contributed by atoms with Crippen LogP contribution in [0.15, 0.2) is 23.1 Å². The maximum atomic E-state index is 12.4. The summed E-state index contributed by atoms with van der Waals surface area (Å²) in [7, 11) is -3.82. The molecule has 1 saturated heterocycles. The Kier molecular flexibility index (Phi) is 8.33. The first-order valence-corrected chi connectivity index (χ1v) is 10.8. The maximum absolute atomic E-state index is 12.4. The Morgan fingerprint density at radius 2 is 1.96 bits per heavy atom. The smallest absolute Gasteiger partial charge is 0.241 e. The number of hydrogen-bond donors (Lipinski definition) is 3. The predicted octanol–water partition coefficient (Wildman–Crippen LogP) is 0.878. The highest BCUT2D eigenvalue weighted by molar-refractivity contribution is 7.89. The van der Waals surface area contributed by atoms with Gasteiger partial charge in [0, 0.05) is 12.6 Å². The van der Waals surface area contributed by atoms with Gasteiger partial charge in [-0.15, -0.1) is 0 Å². The zero-order chi connectivity index (χ0) is 19.7. The maximum Gasteiger partial charge on any atom is 0.241 e. The van der Waals surface area contributed by atoms with Crippen molar-refractivity contribution in [2.75, 3.05) is 39.4 Å². The molecule has 2 rings (SSSR count). The third kappa shape index (κ3) is 6.67. The van der Waals surface area contributed by atoms with E-state index in [9.17, 15) is 13.2 Å². The molecule has 1 aliphatic heterocycles. The van der Waals surface area contributed by atoms with Gasteiger partial charge in [-0.1, -0.05) is 0 Å². The van der Waals surface area contributed by atoms with Crippen molar-refractivity contribution >= 4 is 15.9 Å². The number of amides is 1. The van der Waals surface area contributed by atoms with Gasteiger partial charge in [-0.3, -0.25) is 4.79 Å². The number of hydrogen-bond acceptors (Lipinski definition) is 6. The highest BCUT2D eigenvalue weighted by Gasteiger charge is 2.19. The molecule has 27 heavy (non-hydrogen) atoms. The number of carbonyl (C=O) groups is 1. The van der Waals surface area contributed by atoms with E-state index in [4.69, 9.17) is 9.47 Å². The summed E-state index contributed by atoms with van der Waals surface area (Å²) in [5, 5.41) is 6.03. The molecule has 1 heterocycles. The first-order chi connectivity index (χ1) is 13.0. The van der Waals surface area contributed by atoms with Crippen LogP contribution in [0, 0.1) is 5.92 Å². The third-order valence-corrected chi connectivity index (χ3v) is 5.68. The van der Waals surface area contributed by atoms with Gasteiger partial charge in [0.1, 0.15) is 0 Å². The molecule has 1 aromatic carbocycles. The largest absolute Gasteiger partial charge is 0.490 e. The number of sulfonamides is 1. The minimum absolute atomic E-state index is 0.0271. The summed E-state index contributed by atoms with van der Waals surface area (Å²) in [5.74, 6) is 1.07. The Morgan fingerprint density at radius 1 is 1.22 bits per heavy atom. The van der Waals surface area contributed by atoms with Gasteiger partial charge in [0.2, 0.25) is 15.9 Å². The Morgan fingerprint density at radius 3 is 2.63 bits per heavy atom. The highest BCUT2D eigenvalue weighted by Crippen LogP contribution is 2.30. The molecule has 0 aromatic heterocycles. The molecule has 1 amide bonds. The second-order valence-electron chi connectivity index (χ2n) is 6.30. The van der Waals surface area contributed by atoms with E-state index in [1.54, 1.807) is 13.0 Å². The SMILES string of the molecule is CCOc1ccc(S(=O)(=O)NCC(=O)NCCC2CCNC2)cc1OCC. The van der Waals surface area contributed by atoms with Crippen molar-refractivity contribution in [2.24, 2.45) is 5.92 Å². The lowest BCUT2D eigenvalue weighted by Gasteiger charge is -2.13. The molecule has 0 radical (unpaired) electrons. The number of nitrogens with one attached hydrogen (secondary N) is 3. The molecule has 9 heteroatoms. The van der Waals surface area contributed by atoms with E-state index in [1.807, 2.05) is 6.92 Å². The molecule has 1 aromatic rings. The molecule has 1 atom stereocenters. The molecular formula is C18H29N3O5S. The second-order valence-corrected chi connectivity index (χ2v) is 8.06. The first kappa shape index (κ1) is 21.5. The van der Waals surface area contributed by atoms with Gasteiger partial charge in [-0.2, -0.15) is 0 Å². The van der Waals surface area contributed by atoms with Crippen LogP contribution in [0.25, 0.3) is 0 Å². The molecule has 152 valence electrons. The van der Waals surface area contributed by atoms with E-state index in [0.717, 1.165) is 25.9 Å². The molecule has 8 nitrogen and oxygen atoms in total. The number of benzene rings is 1. The van der Waals surface area contributed by atoms with Crippen molar-refractivity contribution in [3.05, 3.63) is 18.2 Å². The second kappa shape index (κ2) is 10.5. The zero-order valence-electron chi connectivity index (χ0n) is 15.9. The fourth-order valence-electron chi connectivity index (χ4n) is 2.88. The van der Waals surface area contributed by atoms with E-state index in [2.05, 4.69) is 15.4 Å². The molecule has 0 spiro atoms. The Hall–Kier alpha value is -1.84. The van der Waals surface area contributed by atoms with Crippen LogP contribution in [0.4, 0.5) is 0 Å². The van der Waals surface area contributed by atoms with Crippen LogP contribution >= 0.6 is 0 Å². The van der Waals surface area contributed by atoms with Crippen molar-refractivity contribution in [2.45, 2.75) is 31.6 Å². The Labute approximate surface area is 161 Å². The summed E-state index contributed by atoms with van der Waals surface area (Å²) in [4.78, 5) is 11.9. The summed E-state index contributed by atoms with van der Waals surface area (Å²) in [6.45, 7) is 6.71. The van der Waals surface area contributed by atoms with Crippen LogP contribution in [0.5, 0.6) is 11.5 Å². The van der Waals surface area contributed by atoms with Crippen LogP contribution in [0.2, 0.25) is 0 Å². The Balaban J connectivity index is 1.88. The summed E-state index contributed by atoms with van der Waals surface area (Å²) in [5.41, 5.74) is 0. The lowest BCUT2D eigenvalue weighted by molar-refractivity contribution is -0.120. The monoisotopic (exact) mass is 399 g/mol. The van der Waals surface area contributed by atoms with Gasteiger partial charge in [0.05, 0.1) is 24.7 Å². The molecule has 1 aliphatic rings. The topological polar surface area (TPSA) is 106 Å². The standard InChI is InChI=1S/C18H29N3O5S/c1-3-25-16-6-5-15(11-17(16)26-4-2)27(23,24)21-13-18(22)20-10-8-14-7-9-19-12-14/h5-6,11,14,19,21H,3-4,7-10,12-13H2,1-2H3,(H,20,22). The lowest BCUT2D eigenvalue weighted by atomic mass is 10.1. The highest BCUT2D eigenvalue weighted by atomic mass is 32.2. The van der Waals surface area contributed by atoms with E-state index >= 15 is 0 Å². The van der Waals surface area contributed by atoms with Gasteiger partial charge in [-0.05, 0) is 57.8 Å². The molecular weight excluding hydrogens is 370 g/mol. The van der Waals surface area contributed by atoms with Crippen molar-refractivity contribution in [1.82, 2.24) is 15.4 Å². The average molecular weight is 400 g/mol. The lowest BCUT2D eigenvalue weighted by Crippen LogP contribution is -2.37. The fraction of sp³-hybridized carbons (Fsp3) is 0.611. The first-order valence-electron chi connectivity index (χ1n) is 9.33. The molecule has 0 saturated carbocycles. The number of ether oxygens (including phenoxy) is 2. The van der Waals surface area contributed by atoms with Crippen LogP contribution in [-0.4, -0.2) is 53.7 Å². The normalized spacial score (nSPS) is 16.9. The summed E-state index contributed by atoms with van der Waals surface area (Å²) < 4.78 is 38.1. The van der Waals surface area contributed by atoms with E-state index in [-0.39, 0.29) is 17.3 Å². The van der Waals surface area contributed by atoms with Gasteiger partial charge in [0.15, 0.2) is 11.5 Å². The van der Waals surface area contributed by atoms with E-state index < -0.39 is 10.0 Å². The van der Waals surface area contributed by atoms with Crippen molar-refractivity contribution in [3.8, 4) is 11.5 Å². The molecule has 0 aliphatic carbocycles. The summed E-state index contributed by atoms with van der Waals surface area (Å²) in [6.07, 6.45) is 2.00. The quantitative estimate of drug-likeness (QED) is 0.510. The van der Waals surface area contributed by atoms with Gasteiger partial charge in [-0.25, -0.2) is 13.1 Å². The number of carbonyl (C=O) groups excluding carboxylic acids is 1. The summed E-state index contributed by atoms with van der Waals surface area (Å²) >= 11 is 0. The van der Waals surface area contributed by atoms with Crippen molar-refractivity contribution in [1.29, 1.82) is 0 Å². The minimum Gasteiger partial charge on any atom is -0.490 e. The average Bonchev–Trinajstić information content (AvgIpc) is 3.15. The van der Waals surface area contributed by atoms with Crippen molar-refractivity contribution < 1.29 is 22.7 Å². The van der Waals surface area contributed by atoms with E-state index in [0.29, 0.717) is 37.2 Å². The van der Waals surface area contributed by atoms with Gasteiger partial charge in [0.25, 0.3) is 0 Å². The third-order valence-electron chi connectivity index (χ3n) is 4.29. The molecule has 3 N–H and O–H groups in total. The molecule has 1 unspecified atom stereocenters. The van der Waals surface area contributed by atoms with Crippen LogP contribution in [0.1, 0.15) is 26.7 Å². The minimum atomic E-state index is -3.82. The summed E-state index contributed by atoms with van der Waals surface area (Å²) in [6, 6.07) is 4.39.